The lowest BCUT2D eigenvalue weighted by Gasteiger charge is -2.32. The van der Waals surface area contributed by atoms with Gasteiger partial charge < -0.3 is 14.7 Å². The Labute approximate surface area is 138 Å². The molecule has 7 heteroatoms. The van der Waals surface area contributed by atoms with Crippen LogP contribution in [0.15, 0.2) is 18.2 Å². The highest BCUT2D eigenvalue weighted by atomic mass is 35.5. The van der Waals surface area contributed by atoms with Crippen molar-refractivity contribution in [2.75, 3.05) is 19.7 Å². The first-order valence-electron chi connectivity index (χ1n) is 6.95. The fourth-order valence-electron chi connectivity index (χ4n) is 2.41. The minimum atomic E-state index is -1.05. The largest absolute Gasteiger partial charge is 0.479 e. The summed E-state index contributed by atoms with van der Waals surface area (Å²) in [5, 5.41) is 10.1. The summed E-state index contributed by atoms with van der Waals surface area (Å²) < 4.78 is 5.12. The van der Waals surface area contributed by atoms with Gasteiger partial charge in [-0.3, -0.25) is 4.79 Å². The maximum Gasteiger partial charge on any atom is 0.334 e. The minimum absolute atomic E-state index is 0.0762. The average molecular weight is 346 g/mol. The Morgan fingerprint density at radius 3 is 2.82 bits per heavy atom. The lowest BCUT2D eigenvalue weighted by molar-refractivity contribution is -0.160. The first-order chi connectivity index (χ1) is 10.4. The minimum Gasteiger partial charge on any atom is -0.479 e. The number of aliphatic carboxylic acids is 1. The van der Waals surface area contributed by atoms with E-state index in [0.717, 1.165) is 5.56 Å². The van der Waals surface area contributed by atoms with Crippen molar-refractivity contribution in [1.82, 2.24) is 4.90 Å². The summed E-state index contributed by atoms with van der Waals surface area (Å²) in [6.07, 6.45) is -0.478. The first kappa shape index (κ1) is 17.1. The Bertz CT molecular complexity index is 579. The molecule has 2 rings (SSSR count). The van der Waals surface area contributed by atoms with Crippen molar-refractivity contribution in [2.45, 2.75) is 19.4 Å². The summed E-state index contributed by atoms with van der Waals surface area (Å²) in [6.45, 7) is 2.52. The zero-order chi connectivity index (χ0) is 16.3. The summed E-state index contributed by atoms with van der Waals surface area (Å²) in [4.78, 5) is 25.0. The molecular formula is C15H17Cl2NO4. The summed E-state index contributed by atoms with van der Waals surface area (Å²) in [5.74, 6) is -1.45. The van der Waals surface area contributed by atoms with E-state index in [-0.39, 0.29) is 25.0 Å². The molecular weight excluding hydrogens is 329 g/mol. The highest BCUT2D eigenvalue weighted by Crippen LogP contribution is 2.24. The number of carboxylic acid groups (broad SMARTS) is 1. The molecule has 2 unspecified atom stereocenters. The molecule has 1 aromatic rings. The second-order valence-corrected chi connectivity index (χ2v) is 6.17. The number of benzene rings is 1. The lowest BCUT2D eigenvalue weighted by atomic mass is 9.99. The quantitative estimate of drug-likeness (QED) is 0.910. The number of hydrogen-bond donors (Lipinski definition) is 1. The summed E-state index contributed by atoms with van der Waals surface area (Å²) in [5.41, 5.74) is 0.843. The van der Waals surface area contributed by atoms with Crippen LogP contribution in [0.5, 0.6) is 0 Å². The van der Waals surface area contributed by atoms with Gasteiger partial charge in [0.05, 0.1) is 13.2 Å². The second-order valence-electron chi connectivity index (χ2n) is 5.32. The molecule has 0 spiro atoms. The van der Waals surface area contributed by atoms with Crippen LogP contribution < -0.4 is 0 Å². The number of amides is 1. The fraction of sp³-hybridized carbons (Fsp3) is 0.467. The predicted molar refractivity (Wildman–Crippen MR) is 83.3 cm³/mol. The van der Waals surface area contributed by atoms with Crippen molar-refractivity contribution in [3.63, 3.8) is 0 Å². The first-order valence-corrected chi connectivity index (χ1v) is 7.71. The van der Waals surface area contributed by atoms with E-state index in [4.69, 9.17) is 33.0 Å². The Kier molecular flexibility index (Phi) is 5.67. The highest BCUT2D eigenvalue weighted by Gasteiger charge is 2.31. The number of hydrogen-bond acceptors (Lipinski definition) is 3. The standard InChI is InChI=1S/C15H17Cl2NO4/c1-9(6-10-2-3-11(16)7-12(10)17)14(19)18-4-5-22-13(8-18)15(20)21/h2-3,7,9,13H,4-6,8H2,1H3,(H,20,21). The fourth-order valence-corrected chi connectivity index (χ4v) is 2.90. The van der Waals surface area contributed by atoms with Crippen LogP contribution in [0.2, 0.25) is 10.0 Å². The van der Waals surface area contributed by atoms with E-state index in [2.05, 4.69) is 0 Å². The topological polar surface area (TPSA) is 66.8 Å². The summed E-state index contributed by atoms with van der Waals surface area (Å²) >= 11 is 12.0. The molecule has 1 amide bonds. The van der Waals surface area contributed by atoms with Crippen LogP contribution in [0, 0.1) is 5.92 Å². The van der Waals surface area contributed by atoms with Gasteiger partial charge in [0, 0.05) is 22.5 Å². The zero-order valence-electron chi connectivity index (χ0n) is 12.1. The van der Waals surface area contributed by atoms with Gasteiger partial charge in [-0.1, -0.05) is 36.2 Å². The molecule has 1 heterocycles. The molecule has 1 N–H and O–H groups in total. The van der Waals surface area contributed by atoms with E-state index in [9.17, 15) is 9.59 Å². The van der Waals surface area contributed by atoms with Gasteiger partial charge >= 0.3 is 5.97 Å². The molecule has 0 radical (unpaired) electrons. The molecule has 1 aliphatic heterocycles. The van der Waals surface area contributed by atoms with Crippen LogP contribution in [0.25, 0.3) is 0 Å². The Balaban J connectivity index is 2.01. The number of nitrogens with zero attached hydrogens (tertiary/aromatic N) is 1. The van der Waals surface area contributed by atoms with E-state index in [0.29, 0.717) is 23.0 Å². The van der Waals surface area contributed by atoms with E-state index >= 15 is 0 Å². The van der Waals surface area contributed by atoms with E-state index in [1.54, 1.807) is 25.1 Å². The maximum atomic E-state index is 12.5. The van der Waals surface area contributed by atoms with Crippen molar-refractivity contribution in [3.05, 3.63) is 33.8 Å². The third-order valence-electron chi connectivity index (χ3n) is 3.62. The average Bonchev–Trinajstić information content (AvgIpc) is 2.49. The van der Waals surface area contributed by atoms with Gasteiger partial charge in [-0.15, -0.1) is 0 Å². The molecule has 22 heavy (non-hydrogen) atoms. The SMILES string of the molecule is CC(Cc1ccc(Cl)cc1Cl)C(=O)N1CCOC(C(=O)O)C1. The second kappa shape index (κ2) is 7.31. The molecule has 5 nitrogen and oxygen atoms in total. The van der Waals surface area contributed by atoms with Crippen molar-refractivity contribution < 1.29 is 19.4 Å². The van der Waals surface area contributed by atoms with Crippen LogP contribution in [0.1, 0.15) is 12.5 Å². The number of ether oxygens (including phenoxy) is 1. The third kappa shape index (κ3) is 4.12. The zero-order valence-corrected chi connectivity index (χ0v) is 13.6. The van der Waals surface area contributed by atoms with Crippen LogP contribution >= 0.6 is 23.2 Å². The van der Waals surface area contributed by atoms with Gasteiger partial charge in [0.1, 0.15) is 0 Å². The molecule has 0 aliphatic carbocycles. The van der Waals surface area contributed by atoms with Gasteiger partial charge in [0.25, 0.3) is 0 Å². The maximum absolute atomic E-state index is 12.5. The normalized spacial score (nSPS) is 19.8. The number of carbonyl (C=O) groups excluding carboxylic acids is 1. The molecule has 0 saturated carbocycles. The lowest BCUT2D eigenvalue weighted by Crippen LogP contribution is -2.50. The van der Waals surface area contributed by atoms with Crippen LogP contribution in [-0.2, 0) is 20.7 Å². The summed E-state index contributed by atoms with van der Waals surface area (Å²) in [7, 11) is 0. The van der Waals surface area contributed by atoms with Crippen LogP contribution in [0.4, 0.5) is 0 Å². The Morgan fingerprint density at radius 2 is 2.18 bits per heavy atom. The van der Waals surface area contributed by atoms with Crippen LogP contribution in [-0.4, -0.2) is 47.7 Å². The number of morpholine rings is 1. The van der Waals surface area contributed by atoms with Gasteiger partial charge in [0.15, 0.2) is 6.10 Å². The third-order valence-corrected chi connectivity index (χ3v) is 4.20. The van der Waals surface area contributed by atoms with Crippen LogP contribution in [0.3, 0.4) is 0 Å². The monoisotopic (exact) mass is 345 g/mol. The van der Waals surface area contributed by atoms with Crippen molar-refractivity contribution >= 4 is 35.1 Å². The van der Waals surface area contributed by atoms with Gasteiger partial charge in [0.2, 0.25) is 5.91 Å². The Hall–Kier alpha value is -1.30. The highest BCUT2D eigenvalue weighted by molar-refractivity contribution is 6.35. The molecule has 2 atom stereocenters. The number of carbonyl (C=O) groups is 2. The van der Waals surface area contributed by atoms with Gasteiger partial charge in [-0.25, -0.2) is 4.79 Å². The molecule has 1 saturated heterocycles. The van der Waals surface area contributed by atoms with Crippen molar-refractivity contribution in [1.29, 1.82) is 0 Å². The van der Waals surface area contributed by atoms with Gasteiger partial charge in [-0.2, -0.15) is 0 Å². The summed E-state index contributed by atoms with van der Waals surface area (Å²) in [6, 6.07) is 5.17. The van der Waals surface area contributed by atoms with Gasteiger partial charge in [-0.05, 0) is 24.1 Å². The number of halogens is 2. The van der Waals surface area contributed by atoms with Crippen molar-refractivity contribution in [2.24, 2.45) is 5.92 Å². The van der Waals surface area contributed by atoms with E-state index in [1.165, 1.54) is 4.90 Å². The molecule has 1 aromatic carbocycles. The smallest absolute Gasteiger partial charge is 0.334 e. The number of rotatable bonds is 4. The molecule has 1 aliphatic rings. The van der Waals surface area contributed by atoms with Crippen molar-refractivity contribution in [3.8, 4) is 0 Å². The molecule has 1 fully saturated rings. The molecule has 0 aromatic heterocycles. The van der Waals surface area contributed by atoms with E-state index < -0.39 is 12.1 Å². The molecule has 0 bridgehead atoms. The predicted octanol–water partition coefficient (Wildman–Crippen LogP) is 2.48. The number of carboxylic acids is 1. The van der Waals surface area contributed by atoms with E-state index in [1.807, 2.05) is 0 Å². The Morgan fingerprint density at radius 1 is 1.45 bits per heavy atom. The molecule has 120 valence electrons.